The predicted octanol–water partition coefficient (Wildman–Crippen LogP) is 6.22. The largest absolute Gasteiger partial charge is 0.492 e. The molecule has 5 aromatic heterocycles. The first-order valence-corrected chi connectivity index (χ1v) is 15.5. The van der Waals surface area contributed by atoms with E-state index in [1.54, 1.807) is 24.7 Å². The molecule has 0 radical (unpaired) electrons. The first kappa shape index (κ1) is 29.5. The number of imidazole rings is 1. The minimum Gasteiger partial charge on any atom is -0.492 e. The molecule has 0 bridgehead atoms. The zero-order valence-electron chi connectivity index (χ0n) is 25.7. The van der Waals surface area contributed by atoms with Gasteiger partial charge in [0.2, 0.25) is 5.91 Å². The summed E-state index contributed by atoms with van der Waals surface area (Å²) in [7, 11) is 0. The summed E-state index contributed by atoms with van der Waals surface area (Å²) in [5, 5.41) is 10.5. The topological polar surface area (TPSA) is 138 Å². The highest BCUT2D eigenvalue weighted by atomic mass is 19.1. The lowest BCUT2D eigenvalue weighted by molar-refractivity contribution is -0.116. The zero-order valence-corrected chi connectivity index (χ0v) is 25.7. The van der Waals surface area contributed by atoms with Crippen LogP contribution in [0.25, 0.3) is 56.1 Å². The molecule has 0 unspecified atom stereocenters. The quantitative estimate of drug-likeness (QED) is 0.164. The molecule has 1 saturated heterocycles. The number of anilines is 1. The number of amides is 1. The van der Waals surface area contributed by atoms with Gasteiger partial charge in [0, 0.05) is 42.6 Å². The second-order valence-electron chi connectivity index (χ2n) is 12.0. The number of aromatic nitrogens is 7. The summed E-state index contributed by atoms with van der Waals surface area (Å²) in [5.41, 5.74) is 6.28. The van der Waals surface area contributed by atoms with Crippen LogP contribution < -0.4 is 10.1 Å². The molecule has 0 spiro atoms. The Kier molecular flexibility index (Phi) is 8.10. The highest BCUT2D eigenvalue weighted by molar-refractivity contribution is 5.95. The lowest BCUT2D eigenvalue weighted by Crippen LogP contribution is -2.25. The van der Waals surface area contributed by atoms with Crippen molar-refractivity contribution in [2.24, 2.45) is 5.92 Å². The van der Waals surface area contributed by atoms with Gasteiger partial charge in [0.1, 0.15) is 29.2 Å². The predicted molar refractivity (Wildman–Crippen MR) is 175 cm³/mol. The molecule has 1 aliphatic rings. The highest BCUT2D eigenvalue weighted by Gasteiger charge is 2.19. The number of benzene rings is 1. The molecule has 1 amide bonds. The number of hydrogen-bond donors (Lipinski definition) is 3. The smallest absolute Gasteiger partial charge is 0.224 e. The van der Waals surface area contributed by atoms with E-state index in [9.17, 15) is 9.18 Å². The van der Waals surface area contributed by atoms with Gasteiger partial charge in [0.05, 0.1) is 34.3 Å². The Labute approximate surface area is 264 Å². The van der Waals surface area contributed by atoms with Gasteiger partial charge >= 0.3 is 0 Å². The maximum atomic E-state index is 14.8. The number of carbonyl (C=O) groups excluding carboxylic acids is 1. The molecule has 1 fully saturated rings. The third-order valence-corrected chi connectivity index (χ3v) is 7.96. The number of carbonyl (C=O) groups is 1. The number of halogens is 1. The van der Waals surface area contributed by atoms with Crippen molar-refractivity contribution in [3.63, 3.8) is 0 Å². The van der Waals surface area contributed by atoms with E-state index < -0.39 is 5.82 Å². The maximum absolute atomic E-state index is 14.8. The fourth-order valence-electron chi connectivity index (χ4n) is 5.80. The van der Waals surface area contributed by atoms with Crippen molar-refractivity contribution in [1.82, 2.24) is 40.0 Å². The SMILES string of the molecule is CC(C)CC(=O)Nc1cncc(-c2ccc3[nH]nc(-c4nc5c(-c6cc(F)cc(OCCN7CCCC7)c6)nccc5[nH]4)c3n2)c1. The molecule has 46 heavy (non-hydrogen) atoms. The van der Waals surface area contributed by atoms with E-state index >= 15 is 0 Å². The van der Waals surface area contributed by atoms with Crippen molar-refractivity contribution in [2.75, 3.05) is 31.6 Å². The van der Waals surface area contributed by atoms with Gasteiger partial charge in [0.15, 0.2) is 11.5 Å². The van der Waals surface area contributed by atoms with E-state index in [2.05, 4.69) is 35.4 Å². The van der Waals surface area contributed by atoms with E-state index in [0.29, 0.717) is 64.0 Å². The molecule has 11 nitrogen and oxygen atoms in total. The van der Waals surface area contributed by atoms with E-state index in [4.69, 9.17) is 14.7 Å². The van der Waals surface area contributed by atoms with Crippen LogP contribution in [0.4, 0.5) is 10.1 Å². The van der Waals surface area contributed by atoms with Crippen LogP contribution in [0, 0.1) is 11.7 Å². The summed E-state index contributed by atoms with van der Waals surface area (Å²) in [6.07, 6.45) is 7.83. The molecule has 0 atom stereocenters. The molecule has 12 heteroatoms. The fraction of sp³-hybridized carbons (Fsp3) is 0.294. The first-order chi connectivity index (χ1) is 22.4. The van der Waals surface area contributed by atoms with E-state index in [1.807, 2.05) is 38.1 Å². The molecular weight excluding hydrogens is 585 g/mol. The van der Waals surface area contributed by atoms with Gasteiger partial charge in [-0.15, -0.1) is 0 Å². The van der Waals surface area contributed by atoms with Crippen LogP contribution in [-0.4, -0.2) is 72.2 Å². The number of nitrogens with zero attached hydrogens (tertiary/aromatic N) is 6. The number of hydrogen-bond acceptors (Lipinski definition) is 8. The average molecular weight is 620 g/mol. The fourth-order valence-corrected chi connectivity index (χ4v) is 5.80. The molecule has 6 heterocycles. The van der Waals surface area contributed by atoms with Gasteiger partial charge < -0.3 is 15.0 Å². The van der Waals surface area contributed by atoms with Gasteiger partial charge in [-0.25, -0.2) is 14.4 Å². The molecule has 3 N–H and O–H groups in total. The Hall–Kier alpha value is -5.23. The minimum atomic E-state index is -0.406. The number of rotatable bonds is 10. The second kappa shape index (κ2) is 12.6. The molecule has 0 saturated carbocycles. The number of nitrogens with one attached hydrogen (secondary N) is 3. The average Bonchev–Trinajstić information content (AvgIpc) is 3.80. The van der Waals surface area contributed by atoms with Crippen molar-refractivity contribution in [2.45, 2.75) is 33.1 Å². The van der Waals surface area contributed by atoms with E-state index in [1.165, 1.54) is 25.0 Å². The summed E-state index contributed by atoms with van der Waals surface area (Å²) >= 11 is 0. The lowest BCUT2D eigenvalue weighted by Gasteiger charge is -2.15. The summed E-state index contributed by atoms with van der Waals surface area (Å²) in [6, 6.07) is 12.1. The van der Waals surface area contributed by atoms with Gasteiger partial charge in [-0.3, -0.25) is 24.8 Å². The minimum absolute atomic E-state index is 0.0623. The summed E-state index contributed by atoms with van der Waals surface area (Å²) < 4.78 is 20.7. The Bertz CT molecular complexity index is 2030. The van der Waals surface area contributed by atoms with E-state index in [0.717, 1.165) is 36.2 Å². The molecule has 6 aromatic rings. The summed E-state index contributed by atoms with van der Waals surface area (Å²) in [4.78, 5) is 36.6. The Morgan fingerprint density at radius 1 is 1.00 bits per heavy atom. The van der Waals surface area contributed by atoms with Crippen molar-refractivity contribution < 1.29 is 13.9 Å². The maximum Gasteiger partial charge on any atom is 0.224 e. The number of fused-ring (bicyclic) bond motifs is 2. The van der Waals surface area contributed by atoms with Crippen molar-refractivity contribution in [3.8, 4) is 39.8 Å². The Morgan fingerprint density at radius 2 is 1.85 bits per heavy atom. The number of aromatic amines is 2. The van der Waals surface area contributed by atoms with Crippen molar-refractivity contribution >= 4 is 33.7 Å². The molecule has 1 aromatic carbocycles. The zero-order chi connectivity index (χ0) is 31.6. The van der Waals surface area contributed by atoms with Gasteiger partial charge in [0.25, 0.3) is 0 Å². The number of ether oxygens (including phenoxy) is 1. The van der Waals surface area contributed by atoms with Crippen LogP contribution in [0.15, 0.2) is 61.1 Å². The third kappa shape index (κ3) is 6.29. The standard InChI is InChI=1S/C34H34FN9O2/c1-20(2)13-29(45)38-24-15-22(18-36-19-24)26-5-6-28-32(39-26)33(43-42-28)34-40-27-7-8-37-30(31(27)41-34)21-14-23(35)17-25(16-21)46-12-11-44-9-3-4-10-44/h5-8,14-20H,3-4,9-13H2,1-2H3,(H,38,45)(H,40,41)(H,42,43). The first-order valence-electron chi connectivity index (χ1n) is 15.5. The number of H-pyrrole nitrogens is 2. The van der Waals surface area contributed by atoms with Gasteiger partial charge in [-0.05, 0) is 68.2 Å². The summed E-state index contributed by atoms with van der Waals surface area (Å²) in [6.45, 7) is 7.46. The van der Waals surface area contributed by atoms with Crippen LogP contribution >= 0.6 is 0 Å². The van der Waals surface area contributed by atoms with Crippen LogP contribution in [0.1, 0.15) is 33.1 Å². The number of likely N-dealkylation sites (tertiary alicyclic amines) is 1. The molecule has 7 rings (SSSR count). The van der Waals surface area contributed by atoms with E-state index in [-0.39, 0.29) is 11.8 Å². The van der Waals surface area contributed by atoms with Crippen LogP contribution in [0.5, 0.6) is 5.75 Å². The van der Waals surface area contributed by atoms with Crippen LogP contribution in [-0.2, 0) is 4.79 Å². The van der Waals surface area contributed by atoms with Gasteiger partial charge in [-0.1, -0.05) is 13.8 Å². The second-order valence-corrected chi connectivity index (χ2v) is 12.0. The molecular formula is C34H34FN9O2. The molecule has 0 aliphatic carbocycles. The molecule has 1 aliphatic heterocycles. The summed E-state index contributed by atoms with van der Waals surface area (Å²) in [5.74, 6) is 0.729. The monoisotopic (exact) mass is 619 g/mol. The Morgan fingerprint density at radius 3 is 2.70 bits per heavy atom. The van der Waals surface area contributed by atoms with Crippen LogP contribution in [0.2, 0.25) is 0 Å². The lowest BCUT2D eigenvalue weighted by atomic mass is 10.1. The van der Waals surface area contributed by atoms with Crippen LogP contribution in [0.3, 0.4) is 0 Å². The normalized spacial score (nSPS) is 13.7. The Balaban J connectivity index is 1.18. The van der Waals surface area contributed by atoms with Crippen molar-refractivity contribution in [3.05, 3.63) is 66.9 Å². The van der Waals surface area contributed by atoms with Gasteiger partial charge in [-0.2, -0.15) is 5.10 Å². The number of pyridine rings is 3. The molecule has 234 valence electrons. The third-order valence-electron chi connectivity index (χ3n) is 7.96. The highest BCUT2D eigenvalue weighted by Crippen LogP contribution is 2.32. The van der Waals surface area contributed by atoms with Crippen molar-refractivity contribution in [1.29, 1.82) is 0 Å².